The Bertz CT molecular complexity index is 1510. The Morgan fingerprint density at radius 1 is 1.00 bits per heavy atom. The van der Waals surface area contributed by atoms with Crippen molar-refractivity contribution in [2.75, 3.05) is 51.8 Å². The molecule has 1 fully saturated rings. The molecule has 0 bridgehead atoms. The predicted octanol–water partition coefficient (Wildman–Crippen LogP) is 3.65. The molecule has 5 heterocycles. The third-order valence-electron chi connectivity index (χ3n) is 6.54. The molecule has 4 aromatic heterocycles. The lowest BCUT2D eigenvalue weighted by molar-refractivity contribution is 0.122. The number of fused-ring (bicyclic) bond motifs is 1. The molecular formula is C27H30N8O2. The molecule has 10 heteroatoms. The van der Waals surface area contributed by atoms with E-state index in [1.165, 1.54) is 0 Å². The number of hydrogen-bond acceptors (Lipinski definition) is 8. The van der Waals surface area contributed by atoms with E-state index >= 15 is 0 Å². The summed E-state index contributed by atoms with van der Waals surface area (Å²) in [5.74, 6) is 1.92. The number of hydrogen-bond donors (Lipinski definition) is 0. The molecule has 1 aliphatic heterocycles. The first kappa shape index (κ1) is 23.4. The minimum absolute atomic E-state index is 0.496. The smallest absolute Gasteiger partial charge is 0.253 e. The van der Waals surface area contributed by atoms with Crippen LogP contribution < -0.4 is 4.90 Å². The maximum absolute atomic E-state index is 6.37. The number of aryl methyl sites for hydroxylation is 1. The summed E-state index contributed by atoms with van der Waals surface area (Å²) in [5, 5.41) is 9.37. The molecule has 0 N–H and O–H groups in total. The van der Waals surface area contributed by atoms with Crippen LogP contribution in [0.5, 0.6) is 0 Å². The van der Waals surface area contributed by atoms with E-state index in [0.29, 0.717) is 30.5 Å². The molecule has 0 amide bonds. The van der Waals surface area contributed by atoms with E-state index in [0.717, 1.165) is 60.0 Å². The second kappa shape index (κ2) is 9.79. The summed E-state index contributed by atoms with van der Waals surface area (Å²) in [4.78, 5) is 14.1. The van der Waals surface area contributed by atoms with Crippen LogP contribution in [-0.4, -0.2) is 81.4 Å². The van der Waals surface area contributed by atoms with Gasteiger partial charge in [-0.15, -0.1) is 0 Å². The van der Waals surface area contributed by atoms with Gasteiger partial charge in [0.2, 0.25) is 0 Å². The van der Waals surface area contributed by atoms with Gasteiger partial charge in [0.05, 0.1) is 26.0 Å². The van der Waals surface area contributed by atoms with Crippen LogP contribution in [0.3, 0.4) is 0 Å². The summed E-state index contributed by atoms with van der Waals surface area (Å²) in [6.45, 7) is 6.53. The van der Waals surface area contributed by atoms with E-state index in [1.807, 2.05) is 41.3 Å². The van der Waals surface area contributed by atoms with E-state index in [1.54, 1.807) is 4.68 Å². The lowest BCUT2D eigenvalue weighted by atomic mass is 10.1. The second-order valence-corrected chi connectivity index (χ2v) is 9.51. The zero-order valence-corrected chi connectivity index (χ0v) is 21.3. The topological polar surface area (TPSA) is 90.3 Å². The SMILES string of the molecule is Cc1cc(-c2cc3nc(-n4cc(-c5ccccc5)cn4)nc(N4CCOCC4)c3o2)nn1CCN(C)C. The van der Waals surface area contributed by atoms with Crippen molar-refractivity contribution >= 4 is 16.9 Å². The molecule has 0 radical (unpaired) electrons. The van der Waals surface area contributed by atoms with E-state index < -0.39 is 0 Å². The number of nitrogens with zero attached hydrogens (tertiary/aromatic N) is 8. The molecule has 0 atom stereocenters. The van der Waals surface area contributed by atoms with Gasteiger partial charge >= 0.3 is 0 Å². The fraction of sp³-hybridized carbons (Fsp3) is 0.333. The molecule has 0 saturated carbocycles. The number of anilines is 1. The van der Waals surface area contributed by atoms with Gasteiger partial charge in [-0.2, -0.15) is 15.2 Å². The Morgan fingerprint density at radius 2 is 1.81 bits per heavy atom. The number of benzene rings is 1. The van der Waals surface area contributed by atoms with Crippen molar-refractivity contribution in [2.24, 2.45) is 0 Å². The molecule has 1 aromatic carbocycles. The first-order chi connectivity index (χ1) is 18.0. The minimum Gasteiger partial charge on any atom is -0.449 e. The molecule has 6 rings (SSSR count). The van der Waals surface area contributed by atoms with Crippen molar-refractivity contribution in [2.45, 2.75) is 13.5 Å². The van der Waals surface area contributed by atoms with Crippen LogP contribution in [-0.2, 0) is 11.3 Å². The fourth-order valence-electron chi connectivity index (χ4n) is 4.48. The Hall–Kier alpha value is -4.02. The molecule has 1 saturated heterocycles. The van der Waals surface area contributed by atoms with E-state index in [4.69, 9.17) is 24.2 Å². The molecule has 1 aliphatic rings. The van der Waals surface area contributed by atoms with E-state index in [-0.39, 0.29) is 0 Å². The van der Waals surface area contributed by atoms with Crippen LogP contribution in [0.25, 0.3) is 39.6 Å². The molecule has 5 aromatic rings. The average molecular weight is 499 g/mol. The van der Waals surface area contributed by atoms with Gasteiger partial charge in [0.1, 0.15) is 11.2 Å². The molecule has 190 valence electrons. The number of furan rings is 1. The van der Waals surface area contributed by atoms with E-state index in [9.17, 15) is 0 Å². The lowest BCUT2D eigenvalue weighted by Crippen LogP contribution is -2.37. The van der Waals surface area contributed by atoms with Crippen LogP contribution in [0.4, 0.5) is 5.82 Å². The second-order valence-electron chi connectivity index (χ2n) is 9.51. The minimum atomic E-state index is 0.496. The average Bonchev–Trinajstić information content (AvgIpc) is 3.66. The van der Waals surface area contributed by atoms with Crippen molar-refractivity contribution in [1.82, 2.24) is 34.4 Å². The standard InChI is InChI=1S/C27H30N8O2/c1-19-15-22(31-34(19)10-9-32(2)3)24-16-23-25(37-24)26(33-11-13-36-14-12-33)30-27(29-23)35-18-21(17-28-35)20-7-5-4-6-8-20/h4-8,15-18H,9-14H2,1-3H3. The van der Waals surface area contributed by atoms with Crippen molar-refractivity contribution < 1.29 is 9.15 Å². The Morgan fingerprint density at radius 3 is 2.59 bits per heavy atom. The Kier molecular flexibility index (Phi) is 6.19. The third kappa shape index (κ3) is 4.73. The molecule has 0 aliphatic carbocycles. The first-order valence-electron chi connectivity index (χ1n) is 12.5. The van der Waals surface area contributed by atoms with Crippen molar-refractivity contribution in [3.63, 3.8) is 0 Å². The summed E-state index contributed by atoms with van der Waals surface area (Å²) in [7, 11) is 4.12. The largest absolute Gasteiger partial charge is 0.449 e. The predicted molar refractivity (Wildman–Crippen MR) is 142 cm³/mol. The summed E-state index contributed by atoms with van der Waals surface area (Å²) < 4.78 is 15.7. The molecule has 0 unspecified atom stereocenters. The zero-order chi connectivity index (χ0) is 25.4. The zero-order valence-electron chi connectivity index (χ0n) is 21.3. The van der Waals surface area contributed by atoms with Gasteiger partial charge in [0, 0.05) is 43.2 Å². The molecule has 0 spiro atoms. The highest BCUT2D eigenvalue weighted by molar-refractivity contribution is 5.88. The van der Waals surface area contributed by atoms with Gasteiger partial charge in [-0.3, -0.25) is 4.68 Å². The molecule has 10 nitrogen and oxygen atoms in total. The normalized spacial score (nSPS) is 14.2. The Labute approximate surface area is 215 Å². The highest BCUT2D eigenvalue weighted by atomic mass is 16.5. The van der Waals surface area contributed by atoms with Crippen molar-refractivity contribution in [3.8, 4) is 28.5 Å². The highest BCUT2D eigenvalue weighted by Crippen LogP contribution is 2.33. The summed E-state index contributed by atoms with van der Waals surface area (Å²) in [6, 6.07) is 14.2. The van der Waals surface area contributed by atoms with Gasteiger partial charge in [0.25, 0.3) is 5.95 Å². The maximum Gasteiger partial charge on any atom is 0.253 e. The fourth-order valence-corrected chi connectivity index (χ4v) is 4.48. The number of morpholine rings is 1. The number of ether oxygens (including phenoxy) is 1. The molecule has 37 heavy (non-hydrogen) atoms. The van der Waals surface area contributed by atoms with Crippen LogP contribution in [0.15, 0.2) is 59.3 Å². The summed E-state index contributed by atoms with van der Waals surface area (Å²) >= 11 is 0. The van der Waals surface area contributed by atoms with Crippen LogP contribution >= 0.6 is 0 Å². The van der Waals surface area contributed by atoms with Gasteiger partial charge in [0.15, 0.2) is 17.2 Å². The first-order valence-corrected chi connectivity index (χ1v) is 12.5. The number of rotatable bonds is 7. The molecular weight excluding hydrogens is 468 g/mol. The number of aromatic nitrogens is 6. The Balaban J connectivity index is 1.41. The van der Waals surface area contributed by atoms with Gasteiger partial charge in [-0.1, -0.05) is 30.3 Å². The van der Waals surface area contributed by atoms with Crippen LogP contribution in [0.1, 0.15) is 5.69 Å². The highest BCUT2D eigenvalue weighted by Gasteiger charge is 2.23. The quantitative estimate of drug-likeness (QED) is 0.336. The third-order valence-corrected chi connectivity index (χ3v) is 6.54. The maximum atomic E-state index is 6.37. The van der Waals surface area contributed by atoms with Gasteiger partial charge in [-0.25, -0.2) is 9.67 Å². The van der Waals surface area contributed by atoms with Gasteiger partial charge in [-0.05, 0) is 32.6 Å². The monoisotopic (exact) mass is 498 g/mol. The van der Waals surface area contributed by atoms with Crippen molar-refractivity contribution in [1.29, 1.82) is 0 Å². The van der Waals surface area contributed by atoms with Crippen LogP contribution in [0, 0.1) is 6.92 Å². The van der Waals surface area contributed by atoms with E-state index in [2.05, 4.69) is 54.1 Å². The van der Waals surface area contributed by atoms with Gasteiger partial charge < -0.3 is 19.0 Å². The summed E-state index contributed by atoms with van der Waals surface area (Å²) in [5.41, 5.74) is 5.34. The lowest BCUT2D eigenvalue weighted by Gasteiger charge is -2.27. The number of likely N-dealkylation sites (N-methyl/N-ethyl adjacent to an activating group) is 1. The van der Waals surface area contributed by atoms with Crippen molar-refractivity contribution in [3.05, 3.63) is 60.6 Å². The van der Waals surface area contributed by atoms with Crippen LogP contribution in [0.2, 0.25) is 0 Å². The summed E-state index contributed by atoms with van der Waals surface area (Å²) in [6.07, 6.45) is 3.79.